The maximum Gasteiger partial charge on any atom is 0.111 e. The Morgan fingerprint density at radius 1 is 1.14 bits per heavy atom. The lowest BCUT2D eigenvalue weighted by molar-refractivity contribution is 0.729. The largest absolute Gasteiger partial charge is 0.322 e. The number of rotatable bonds is 5. The molecule has 0 spiro atoms. The molecule has 0 unspecified atom stereocenters. The van der Waals surface area contributed by atoms with E-state index in [1.165, 1.54) is 5.56 Å². The molecule has 0 amide bonds. The number of hydrogen-bond donors (Lipinski definition) is 0. The number of aromatic nitrogens is 3. The van der Waals surface area contributed by atoms with Crippen molar-refractivity contribution in [3.8, 4) is 0 Å². The van der Waals surface area contributed by atoms with E-state index in [0.29, 0.717) is 5.88 Å². The van der Waals surface area contributed by atoms with Gasteiger partial charge in [-0.3, -0.25) is 4.98 Å². The average molecular weight is 300 g/mol. The Labute approximate surface area is 129 Å². The normalized spacial score (nSPS) is 11.1. The number of aryl methyl sites for hydroxylation is 2. The fraction of sp³-hybridized carbons (Fsp3) is 0.294. The van der Waals surface area contributed by atoms with E-state index in [1.54, 1.807) is 0 Å². The highest BCUT2D eigenvalue weighted by Gasteiger charge is 2.12. The minimum atomic E-state index is 0.576. The van der Waals surface area contributed by atoms with Crippen LogP contribution in [0.4, 0.5) is 0 Å². The van der Waals surface area contributed by atoms with E-state index in [0.717, 1.165) is 41.9 Å². The van der Waals surface area contributed by atoms with Gasteiger partial charge in [0.2, 0.25) is 0 Å². The number of benzene rings is 1. The van der Waals surface area contributed by atoms with Gasteiger partial charge in [0.15, 0.2) is 0 Å². The van der Waals surface area contributed by atoms with E-state index < -0.39 is 0 Å². The van der Waals surface area contributed by atoms with Crippen LogP contribution in [-0.4, -0.2) is 20.4 Å². The van der Waals surface area contributed by atoms with Gasteiger partial charge in [0, 0.05) is 18.5 Å². The van der Waals surface area contributed by atoms with Crippen molar-refractivity contribution >= 4 is 22.6 Å². The summed E-state index contributed by atoms with van der Waals surface area (Å²) in [5.41, 5.74) is 4.56. The Bertz CT molecular complexity index is 749. The second kappa shape index (κ2) is 6.27. The molecule has 4 heteroatoms. The number of nitrogens with zero attached hydrogens (tertiary/aromatic N) is 3. The molecule has 3 aromatic rings. The summed E-state index contributed by atoms with van der Waals surface area (Å²) < 4.78 is 2.24. The Balaban J connectivity index is 2.08. The zero-order valence-corrected chi connectivity index (χ0v) is 12.8. The van der Waals surface area contributed by atoms with Gasteiger partial charge < -0.3 is 4.57 Å². The van der Waals surface area contributed by atoms with Gasteiger partial charge in [-0.1, -0.05) is 25.1 Å². The molecule has 0 saturated carbocycles. The van der Waals surface area contributed by atoms with E-state index in [4.69, 9.17) is 16.6 Å². The highest BCUT2D eigenvalue weighted by Crippen LogP contribution is 2.19. The number of imidazole rings is 1. The van der Waals surface area contributed by atoms with E-state index in [2.05, 4.69) is 28.6 Å². The summed E-state index contributed by atoms with van der Waals surface area (Å²) in [4.78, 5) is 9.26. The first-order valence-electron chi connectivity index (χ1n) is 7.26. The Kier molecular flexibility index (Phi) is 4.20. The van der Waals surface area contributed by atoms with Crippen molar-refractivity contribution in [3.05, 3.63) is 59.7 Å². The minimum Gasteiger partial charge on any atom is -0.322 e. The molecular weight excluding hydrogens is 282 g/mol. The first kappa shape index (κ1) is 14.1. The molecule has 21 heavy (non-hydrogen) atoms. The van der Waals surface area contributed by atoms with Crippen molar-refractivity contribution in [1.82, 2.24) is 14.5 Å². The van der Waals surface area contributed by atoms with Gasteiger partial charge in [0.05, 0.1) is 23.3 Å². The molecule has 108 valence electrons. The van der Waals surface area contributed by atoms with Crippen LogP contribution in [0.2, 0.25) is 0 Å². The lowest BCUT2D eigenvalue weighted by Crippen LogP contribution is -2.09. The van der Waals surface area contributed by atoms with Gasteiger partial charge in [-0.25, -0.2) is 4.98 Å². The van der Waals surface area contributed by atoms with E-state index in [9.17, 15) is 0 Å². The van der Waals surface area contributed by atoms with E-state index >= 15 is 0 Å². The van der Waals surface area contributed by atoms with Crippen molar-refractivity contribution in [2.45, 2.75) is 26.3 Å². The molecule has 0 fully saturated rings. The first-order chi connectivity index (χ1) is 10.3. The number of pyridine rings is 1. The van der Waals surface area contributed by atoms with Crippen LogP contribution in [-0.2, 0) is 19.4 Å². The van der Waals surface area contributed by atoms with E-state index in [1.807, 2.05) is 30.5 Å². The van der Waals surface area contributed by atoms with Crippen molar-refractivity contribution in [2.75, 3.05) is 5.88 Å². The number of hydrogen-bond acceptors (Lipinski definition) is 2. The molecule has 0 N–H and O–H groups in total. The predicted molar refractivity (Wildman–Crippen MR) is 86.9 cm³/mol. The standard InChI is InChI=1S/C17H18ClN3/c1-2-13-6-5-11-19-15(13)12-21-16-8-4-3-7-14(16)20-17(21)9-10-18/h3-8,11H,2,9-10,12H2,1H3. The fourth-order valence-electron chi connectivity index (χ4n) is 2.66. The third kappa shape index (κ3) is 2.79. The molecule has 0 aliphatic carbocycles. The highest BCUT2D eigenvalue weighted by atomic mass is 35.5. The zero-order chi connectivity index (χ0) is 14.7. The molecule has 0 saturated heterocycles. The molecule has 0 aliphatic heterocycles. The van der Waals surface area contributed by atoms with Gasteiger partial charge in [0.25, 0.3) is 0 Å². The number of fused-ring (bicyclic) bond motifs is 1. The quantitative estimate of drug-likeness (QED) is 0.671. The average Bonchev–Trinajstić information content (AvgIpc) is 2.86. The summed E-state index contributed by atoms with van der Waals surface area (Å²) in [5, 5.41) is 0. The molecule has 0 radical (unpaired) electrons. The van der Waals surface area contributed by atoms with Crippen LogP contribution in [0, 0.1) is 0 Å². The van der Waals surface area contributed by atoms with Gasteiger partial charge in [-0.15, -0.1) is 11.6 Å². The zero-order valence-electron chi connectivity index (χ0n) is 12.1. The lowest BCUT2D eigenvalue weighted by Gasteiger charge is -2.11. The van der Waals surface area contributed by atoms with Gasteiger partial charge in [0.1, 0.15) is 5.82 Å². The maximum atomic E-state index is 5.93. The highest BCUT2D eigenvalue weighted by molar-refractivity contribution is 6.17. The SMILES string of the molecule is CCc1cccnc1Cn1c(CCCl)nc2ccccc21. The number of alkyl halides is 1. The molecule has 0 bridgehead atoms. The van der Waals surface area contributed by atoms with Crippen molar-refractivity contribution in [3.63, 3.8) is 0 Å². The van der Waals surface area contributed by atoms with Crippen LogP contribution in [0.15, 0.2) is 42.6 Å². The molecule has 3 nitrogen and oxygen atoms in total. The first-order valence-corrected chi connectivity index (χ1v) is 7.79. The summed E-state index contributed by atoms with van der Waals surface area (Å²) in [6.07, 6.45) is 3.61. The second-order valence-electron chi connectivity index (χ2n) is 5.00. The van der Waals surface area contributed by atoms with Crippen LogP contribution in [0.1, 0.15) is 24.0 Å². The Morgan fingerprint density at radius 2 is 2.00 bits per heavy atom. The third-order valence-corrected chi connectivity index (χ3v) is 3.91. The lowest BCUT2D eigenvalue weighted by atomic mass is 10.1. The van der Waals surface area contributed by atoms with Crippen LogP contribution >= 0.6 is 11.6 Å². The minimum absolute atomic E-state index is 0.576. The molecular formula is C17H18ClN3. The number of para-hydroxylation sites is 2. The third-order valence-electron chi connectivity index (χ3n) is 3.73. The Hall–Kier alpha value is -1.87. The molecule has 1 aromatic carbocycles. The summed E-state index contributed by atoms with van der Waals surface area (Å²) in [6, 6.07) is 12.3. The smallest absolute Gasteiger partial charge is 0.111 e. The molecule has 2 aromatic heterocycles. The summed E-state index contributed by atoms with van der Waals surface area (Å²) in [5.74, 6) is 1.60. The molecule has 3 rings (SSSR count). The van der Waals surface area contributed by atoms with Crippen LogP contribution in [0.5, 0.6) is 0 Å². The van der Waals surface area contributed by atoms with Gasteiger partial charge >= 0.3 is 0 Å². The summed E-state index contributed by atoms with van der Waals surface area (Å²) >= 11 is 5.93. The predicted octanol–water partition coefficient (Wildman–Crippen LogP) is 3.82. The maximum absolute atomic E-state index is 5.93. The summed E-state index contributed by atoms with van der Waals surface area (Å²) in [6.45, 7) is 2.91. The molecule has 0 atom stereocenters. The van der Waals surface area contributed by atoms with Crippen molar-refractivity contribution < 1.29 is 0 Å². The van der Waals surface area contributed by atoms with Crippen LogP contribution in [0.25, 0.3) is 11.0 Å². The van der Waals surface area contributed by atoms with Gasteiger partial charge in [-0.2, -0.15) is 0 Å². The topological polar surface area (TPSA) is 30.7 Å². The summed E-state index contributed by atoms with van der Waals surface area (Å²) in [7, 11) is 0. The fourth-order valence-corrected chi connectivity index (χ4v) is 2.83. The molecule has 0 aliphatic rings. The van der Waals surface area contributed by atoms with E-state index in [-0.39, 0.29) is 0 Å². The van der Waals surface area contributed by atoms with Crippen LogP contribution in [0.3, 0.4) is 0 Å². The van der Waals surface area contributed by atoms with Crippen molar-refractivity contribution in [1.29, 1.82) is 0 Å². The second-order valence-corrected chi connectivity index (χ2v) is 5.38. The van der Waals surface area contributed by atoms with Crippen molar-refractivity contribution in [2.24, 2.45) is 0 Å². The number of halogens is 1. The van der Waals surface area contributed by atoms with Crippen LogP contribution < -0.4 is 0 Å². The van der Waals surface area contributed by atoms with Gasteiger partial charge in [-0.05, 0) is 30.2 Å². The monoisotopic (exact) mass is 299 g/mol. The molecule has 2 heterocycles. The Morgan fingerprint density at radius 3 is 2.81 bits per heavy atom.